The number of carbonyl (C=O) groups is 1. The van der Waals surface area contributed by atoms with Crippen LogP contribution in [0.4, 0.5) is 22.0 Å². The summed E-state index contributed by atoms with van der Waals surface area (Å²) in [5.74, 6) is -13.8. The van der Waals surface area contributed by atoms with E-state index < -0.39 is 55.0 Å². The fraction of sp³-hybridized carbons (Fsp3) is 0.500. The standard InChI is InChI=1S/C14H14F5NO4P/c1-6(14(21)23-7-4-2-3-5-7)20-25(22)24-13-11(18)9(16)8(15)10(17)12(13)19/h6-7H,2-5H2,1H3,(H,20,22)/q+1/t6-/m0/s1. The number of halogens is 5. The summed E-state index contributed by atoms with van der Waals surface area (Å²) >= 11 is 0. The maximum atomic E-state index is 13.4. The fourth-order valence-corrected chi connectivity index (χ4v) is 3.06. The Balaban J connectivity index is 2.01. The zero-order chi connectivity index (χ0) is 18.7. The number of hydrogen-bond acceptors (Lipinski definition) is 4. The molecule has 25 heavy (non-hydrogen) atoms. The van der Waals surface area contributed by atoms with Crippen molar-refractivity contribution < 1.29 is 40.6 Å². The van der Waals surface area contributed by atoms with Crippen molar-refractivity contribution in [2.75, 3.05) is 0 Å². The number of hydrogen-bond donors (Lipinski definition) is 1. The molecular formula is C14H14F5NO4P+. The lowest BCUT2D eigenvalue weighted by molar-refractivity contribution is -0.150. The Labute approximate surface area is 140 Å². The summed E-state index contributed by atoms with van der Waals surface area (Å²) in [6, 6.07) is -1.18. The predicted octanol–water partition coefficient (Wildman–Crippen LogP) is 3.88. The molecule has 1 aromatic rings. The quantitative estimate of drug-likeness (QED) is 0.264. The molecule has 1 aliphatic rings. The van der Waals surface area contributed by atoms with E-state index in [0.717, 1.165) is 12.8 Å². The highest BCUT2D eigenvalue weighted by atomic mass is 31.1. The van der Waals surface area contributed by atoms with Crippen LogP contribution in [0.1, 0.15) is 32.6 Å². The molecule has 0 saturated heterocycles. The Bertz CT molecular complexity index is 667. The predicted molar refractivity (Wildman–Crippen MR) is 75.4 cm³/mol. The maximum Gasteiger partial charge on any atom is 0.664 e. The van der Waals surface area contributed by atoms with Gasteiger partial charge in [-0.2, -0.15) is 8.78 Å². The molecule has 11 heteroatoms. The number of benzene rings is 1. The Morgan fingerprint density at radius 2 is 1.52 bits per heavy atom. The van der Waals surface area contributed by atoms with Gasteiger partial charge in [-0.3, -0.25) is 4.79 Å². The number of nitrogens with one attached hydrogen (secondary N) is 1. The lowest BCUT2D eigenvalue weighted by Gasteiger charge is -2.13. The molecule has 1 saturated carbocycles. The molecule has 0 aliphatic heterocycles. The second kappa shape index (κ2) is 8.05. The molecule has 1 unspecified atom stereocenters. The Kier molecular flexibility index (Phi) is 6.29. The Morgan fingerprint density at radius 3 is 2.04 bits per heavy atom. The molecule has 0 radical (unpaired) electrons. The van der Waals surface area contributed by atoms with Gasteiger partial charge in [0.05, 0.1) is 0 Å². The van der Waals surface area contributed by atoms with Crippen molar-refractivity contribution in [2.45, 2.75) is 44.8 Å². The fourth-order valence-electron chi connectivity index (χ4n) is 2.26. The van der Waals surface area contributed by atoms with E-state index in [0.29, 0.717) is 12.8 Å². The van der Waals surface area contributed by atoms with E-state index in [1.807, 2.05) is 0 Å². The van der Waals surface area contributed by atoms with Crippen LogP contribution in [-0.2, 0) is 14.1 Å². The van der Waals surface area contributed by atoms with Gasteiger partial charge in [-0.05, 0) is 32.6 Å². The monoisotopic (exact) mass is 386 g/mol. The molecule has 138 valence electrons. The summed E-state index contributed by atoms with van der Waals surface area (Å²) in [6.07, 6.45) is 2.97. The van der Waals surface area contributed by atoms with E-state index in [2.05, 4.69) is 9.61 Å². The van der Waals surface area contributed by atoms with Gasteiger partial charge in [0.1, 0.15) is 12.1 Å². The molecule has 0 aromatic heterocycles. The molecule has 1 aliphatic carbocycles. The smallest absolute Gasteiger partial charge is 0.461 e. The van der Waals surface area contributed by atoms with Crippen LogP contribution >= 0.6 is 8.18 Å². The van der Waals surface area contributed by atoms with Crippen LogP contribution in [0, 0.1) is 29.1 Å². The molecule has 0 amide bonds. The van der Waals surface area contributed by atoms with Crippen molar-refractivity contribution in [2.24, 2.45) is 0 Å². The third-order valence-electron chi connectivity index (χ3n) is 3.58. The molecule has 0 bridgehead atoms. The highest BCUT2D eigenvalue weighted by Gasteiger charge is 2.36. The first-order valence-electron chi connectivity index (χ1n) is 7.35. The van der Waals surface area contributed by atoms with E-state index in [4.69, 9.17) is 4.74 Å². The second-order valence-electron chi connectivity index (χ2n) is 5.44. The lowest BCUT2D eigenvalue weighted by atomic mass is 10.3. The average molecular weight is 386 g/mol. The summed E-state index contributed by atoms with van der Waals surface area (Å²) in [6.45, 7) is 1.26. The van der Waals surface area contributed by atoms with Crippen molar-refractivity contribution in [1.29, 1.82) is 0 Å². The number of ether oxygens (including phenoxy) is 1. The summed E-state index contributed by atoms with van der Waals surface area (Å²) in [5.41, 5.74) is 0. The van der Waals surface area contributed by atoms with Gasteiger partial charge in [0.2, 0.25) is 29.1 Å². The van der Waals surface area contributed by atoms with Crippen molar-refractivity contribution in [3.8, 4) is 5.75 Å². The molecule has 1 fully saturated rings. The van der Waals surface area contributed by atoms with Crippen LogP contribution in [0.15, 0.2) is 0 Å². The number of esters is 1. The molecule has 2 atom stereocenters. The SMILES string of the molecule is C[C@H](N[P+](=O)Oc1c(F)c(F)c(F)c(F)c1F)C(=O)OC1CCCC1. The summed E-state index contributed by atoms with van der Waals surface area (Å²) in [4.78, 5) is 11.8. The van der Waals surface area contributed by atoms with Crippen LogP contribution < -0.4 is 9.61 Å². The van der Waals surface area contributed by atoms with Crippen LogP contribution in [0.3, 0.4) is 0 Å². The molecule has 0 spiro atoms. The van der Waals surface area contributed by atoms with E-state index in [1.54, 1.807) is 0 Å². The lowest BCUT2D eigenvalue weighted by Crippen LogP contribution is -2.33. The van der Waals surface area contributed by atoms with Gasteiger partial charge in [0, 0.05) is 4.57 Å². The van der Waals surface area contributed by atoms with Crippen molar-refractivity contribution in [3.05, 3.63) is 29.1 Å². The van der Waals surface area contributed by atoms with Gasteiger partial charge < -0.3 is 4.74 Å². The summed E-state index contributed by atoms with van der Waals surface area (Å²) in [5, 5.41) is 2.05. The molecular weight excluding hydrogens is 372 g/mol. The highest BCUT2D eigenvalue weighted by molar-refractivity contribution is 7.37. The van der Waals surface area contributed by atoms with E-state index in [-0.39, 0.29) is 6.10 Å². The van der Waals surface area contributed by atoms with Crippen LogP contribution in [0.2, 0.25) is 0 Å². The Morgan fingerprint density at radius 1 is 1.04 bits per heavy atom. The minimum absolute atomic E-state index is 0.259. The summed E-state index contributed by atoms with van der Waals surface area (Å²) in [7, 11) is -3.15. The van der Waals surface area contributed by atoms with Crippen molar-refractivity contribution in [1.82, 2.24) is 5.09 Å². The minimum atomic E-state index is -3.15. The van der Waals surface area contributed by atoms with Gasteiger partial charge in [0.15, 0.2) is 0 Å². The first-order valence-corrected chi connectivity index (χ1v) is 8.53. The van der Waals surface area contributed by atoms with Crippen molar-refractivity contribution in [3.63, 3.8) is 0 Å². The third-order valence-corrected chi connectivity index (χ3v) is 4.53. The molecule has 1 N–H and O–H groups in total. The van der Waals surface area contributed by atoms with E-state index in [1.165, 1.54) is 6.92 Å². The average Bonchev–Trinajstić information content (AvgIpc) is 3.08. The first-order chi connectivity index (χ1) is 11.7. The zero-order valence-electron chi connectivity index (χ0n) is 13.0. The zero-order valence-corrected chi connectivity index (χ0v) is 13.8. The highest BCUT2D eigenvalue weighted by Crippen LogP contribution is 2.34. The first kappa shape index (κ1) is 19.5. The van der Waals surface area contributed by atoms with E-state index in [9.17, 15) is 31.3 Å². The minimum Gasteiger partial charge on any atom is -0.461 e. The van der Waals surface area contributed by atoms with Gasteiger partial charge in [-0.1, -0.05) is 5.09 Å². The van der Waals surface area contributed by atoms with Crippen LogP contribution in [-0.4, -0.2) is 18.1 Å². The van der Waals surface area contributed by atoms with E-state index >= 15 is 0 Å². The molecule has 1 aromatic carbocycles. The van der Waals surface area contributed by atoms with Gasteiger partial charge in [-0.15, -0.1) is 0 Å². The Hall–Kier alpha value is -1.80. The third kappa shape index (κ3) is 4.43. The van der Waals surface area contributed by atoms with Crippen LogP contribution in [0.5, 0.6) is 5.75 Å². The summed E-state index contributed by atoms with van der Waals surface area (Å²) < 4.78 is 87.0. The molecule has 2 rings (SSSR count). The molecule has 0 heterocycles. The molecule has 5 nitrogen and oxygen atoms in total. The van der Waals surface area contributed by atoms with Crippen molar-refractivity contribution >= 4 is 14.1 Å². The number of rotatable bonds is 6. The van der Waals surface area contributed by atoms with Gasteiger partial charge in [-0.25, -0.2) is 17.7 Å². The normalized spacial score (nSPS) is 16.6. The van der Waals surface area contributed by atoms with Gasteiger partial charge in [0.25, 0.3) is 5.75 Å². The number of carbonyl (C=O) groups excluding carboxylic acids is 1. The maximum absolute atomic E-state index is 13.4. The second-order valence-corrected chi connectivity index (χ2v) is 6.40. The topological polar surface area (TPSA) is 64.6 Å². The van der Waals surface area contributed by atoms with Crippen LogP contribution in [0.25, 0.3) is 0 Å². The van der Waals surface area contributed by atoms with Gasteiger partial charge >= 0.3 is 14.1 Å². The largest absolute Gasteiger partial charge is 0.664 e.